The number of hydrogen-bond acceptors (Lipinski definition) is 3. The summed E-state index contributed by atoms with van der Waals surface area (Å²) in [4.78, 5) is 10.4. The van der Waals surface area contributed by atoms with E-state index in [1.54, 1.807) is 0 Å². The van der Waals surface area contributed by atoms with Gasteiger partial charge in [-0.05, 0) is 69.8 Å². The van der Waals surface area contributed by atoms with E-state index in [1.807, 2.05) is 29.5 Å². The Morgan fingerprint density at radius 3 is 1.59 bits per heavy atom. The second kappa shape index (κ2) is 12.5. The van der Waals surface area contributed by atoms with Crippen molar-refractivity contribution >= 4 is 31.5 Å². The predicted molar refractivity (Wildman–Crippen MR) is 208 cm³/mol. The van der Waals surface area contributed by atoms with Crippen LogP contribution in [0.15, 0.2) is 182 Å². The van der Waals surface area contributed by atoms with Gasteiger partial charge in [0.05, 0.1) is 11.4 Å². The van der Waals surface area contributed by atoms with Gasteiger partial charge in [0.1, 0.15) is 0 Å². The first-order valence-corrected chi connectivity index (χ1v) is 17.3. The minimum atomic E-state index is 0.705. The fourth-order valence-corrected chi connectivity index (χ4v) is 7.89. The van der Waals surface area contributed by atoms with E-state index in [9.17, 15) is 0 Å². The maximum atomic E-state index is 5.24. The van der Waals surface area contributed by atoms with Crippen LogP contribution in [0.5, 0.6) is 0 Å². The van der Waals surface area contributed by atoms with Crippen LogP contribution in [0.25, 0.3) is 87.5 Å². The Morgan fingerprint density at radius 2 is 0.837 bits per heavy atom. The number of rotatable bonds is 6. The molecule has 0 bridgehead atoms. The van der Waals surface area contributed by atoms with Crippen LogP contribution in [-0.2, 0) is 0 Å². The molecule has 230 valence electrons. The summed E-state index contributed by atoms with van der Waals surface area (Å²) < 4.78 is 2.60. The van der Waals surface area contributed by atoms with Crippen molar-refractivity contribution in [2.45, 2.75) is 0 Å². The summed E-state index contributed by atoms with van der Waals surface area (Å²) in [5.74, 6) is 0.705. The highest BCUT2D eigenvalue weighted by atomic mass is 32.1. The fraction of sp³-hybridized carbons (Fsp3) is 0. The monoisotopic (exact) mass is 642 g/mol. The summed E-state index contributed by atoms with van der Waals surface area (Å²) in [5.41, 5.74) is 11.9. The molecule has 0 N–H and O–H groups in total. The molecule has 3 heteroatoms. The lowest BCUT2D eigenvalue weighted by Gasteiger charge is -2.14. The molecule has 0 saturated heterocycles. The van der Waals surface area contributed by atoms with Crippen molar-refractivity contribution in [2.75, 3.05) is 0 Å². The molecule has 0 atom stereocenters. The smallest absolute Gasteiger partial charge is 0.160 e. The Bertz CT molecular complexity index is 2590. The molecule has 2 nitrogen and oxygen atoms in total. The van der Waals surface area contributed by atoms with Crippen molar-refractivity contribution in [3.8, 4) is 67.3 Å². The van der Waals surface area contributed by atoms with Gasteiger partial charge >= 0.3 is 0 Å². The fourth-order valence-electron chi connectivity index (χ4n) is 6.65. The summed E-state index contributed by atoms with van der Waals surface area (Å²) in [5, 5.41) is 2.59. The normalized spacial score (nSPS) is 11.3. The lowest BCUT2D eigenvalue weighted by atomic mass is 9.93. The molecule has 2 aromatic heterocycles. The zero-order chi connectivity index (χ0) is 32.6. The van der Waals surface area contributed by atoms with Gasteiger partial charge in [0.25, 0.3) is 0 Å². The minimum Gasteiger partial charge on any atom is -0.228 e. The molecule has 2 heterocycles. The van der Waals surface area contributed by atoms with E-state index in [1.165, 1.54) is 42.4 Å². The topological polar surface area (TPSA) is 25.8 Å². The summed E-state index contributed by atoms with van der Waals surface area (Å²) in [6.45, 7) is 0. The van der Waals surface area contributed by atoms with E-state index in [-0.39, 0.29) is 0 Å². The molecular weight excluding hydrogens is 613 g/mol. The summed E-state index contributed by atoms with van der Waals surface area (Å²) in [6.07, 6.45) is 0. The van der Waals surface area contributed by atoms with Crippen LogP contribution in [0, 0.1) is 0 Å². The van der Waals surface area contributed by atoms with E-state index in [0.717, 1.165) is 39.2 Å². The molecule has 0 radical (unpaired) electrons. The largest absolute Gasteiger partial charge is 0.228 e. The third kappa shape index (κ3) is 5.61. The Labute approximate surface area is 289 Å². The van der Waals surface area contributed by atoms with Gasteiger partial charge in [-0.3, -0.25) is 0 Å². The standard InChI is InChI=1S/C46H30N2S/c1-4-14-31(15-5-1)34-20-12-21-35(26-34)42-30-43(48-46(47-42)33-18-8-3-9-19-33)38-28-36(32-16-6-2-7-17-32)27-37(29-38)39-23-13-24-41-40-22-10-11-25-44(40)49-45(39)41/h1-30H. The second-order valence-corrected chi connectivity index (χ2v) is 13.3. The molecule has 0 aliphatic rings. The summed E-state index contributed by atoms with van der Waals surface area (Å²) in [6, 6.07) is 64.4. The highest BCUT2D eigenvalue weighted by molar-refractivity contribution is 7.26. The average molecular weight is 643 g/mol. The first kappa shape index (κ1) is 29.0. The van der Waals surface area contributed by atoms with Gasteiger partial charge in [0, 0.05) is 36.9 Å². The Balaban J connectivity index is 1.27. The molecule has 0 fully saturated rings. The molecule has 49 heavy (non-hydrogen) atoms. The molecule has 0 aliphatic carbocycles. The SMILES string of the molecule is c1ccc(-c2cccc(-c3cc(-c4cc(-c5ccccc5)cc(-c5cccc6c5sc5ccccc56)c4)nc(-c4ccccc4)n3)c2)cc1. The third-order valence-electron chi connectivity index (χ3n) is 9.07. The highest BCUT2D eigenvalue weighted by Gasteiger charge is 2.16. The van der Waals surface area contributed by atoms with Crippen LogP contribution < -0.4 is 0 Å². The Morgan fingerprint density at radius 1 is 0.327 bits per heavy atom. The van der Waals surface area contributed by atoms with Crippen LogP contribution >= 0.6 is 11.3 Å². The number of thiophene rings is 1. The van der Waals surface area contributed by atoms with E-state index in [2.05, 4.69) is 164 Å². The van der Waals surface area contributed by atoms with Gasteiger partial charge < -0.3 is 0 Å². The van der Waals surface area contributed by atoms with Crippen LogP contribution in [0.2, 0.25) is 0 Å². The molecule has 0 unspecified atom stereocenters. The first-order valence-electron chi connectivity index (χ1n) is 16.5. The summed E-state index contributed by atoms with van der Waals surface area (Å²) in [7, 11) is 0. The lowest BCUT2D eigenvalue weighted by molar-refractivity contribution is 1.18. The van der Waals surface area contributed by atoms with Crippen molar-refractivity contribution in [1.29, 1.82) is 0 Å². The van der Waals surface area contributed by atoms with Crippen molar-refractivity contribution in [1.82, 2.24) is 9.97 Å². The van der Waals surface area contributed by atoms with Crippen LogP contribution in [0.1, 0.15) is 0 Å². The molecule has 9 aromatic rings. The zero-order valence-corrected chi connectivity index (χ0v) is 27.4. The van der Waals surface area contributed by atoms with Gasteiger partial charge in [-0.25, -0.2) is 9.97 Å². The number of fused-ring (bicyclic) bond motifs is 3. The third-order valence-corrected chi connectivity index (χ3v) is 10.3. The average Bonchev–Trinajstić information content (AvgIpc) is 3.58. The number of nitrogens with zero attached hydrogens (tertiary/aromatic N) is 2. The van der Waals surface area contributed by atoms with E-state index in [0.29, 0.717) is 5.82 Å². The van der Waals surface area contributed by atoms with Gasteiger partial charge in [-0.2, -0.15) is 0 Å². The molecule has 0 amide bonds. The van der Waals surface area contributed by atoms with Gasteiger partial charge in [0.15, 0.2) is 5.82 Å². The highest BCUT2D eigenvalue weighted by Crippen LogP contribution is 2.42. The maximum Gasteiger partial charge on any atom is 0.160 e. The first-order chi connectivity index (χ1) is 24.3. The van der Waals surface area contributed by atoms with Crippen molar-refractivity contribution < 1.29 is 0 Å². The minimum absolute atomic E-state index is 0.705. The van der Waals surface area contributed by atoms with Crippen LogP contribution in [0.4, 0.5) is 0 Å². The van der Waals surface area contributed by atoms with Crippen molar-refractivity contribution in [2.24, 2.45) is 0 Å². The molecule has 7 aromatic carbocycles. The maximum absolute atomic E-state index is 5.24. The summed E-state index contributed by atoms with van der Waals surface area (Å²) >= 11 is 1.86. The van der Waals surface area contributed by atoms with E-state index in [4.69, 9.17) is 9.97 Å². The molecular formula is C46H30N2S. The van der Waals surface area contributed by atoms with Gasteiger partial charge in [-0.15, -0.1) is 11.3 Å². The second-order valence-electron chi connectivity index (χ2n) is 12.2. The molecule has 0 saturated carbocycles. The molecule has 0 spiro atoms. The Hall–Kier alpha value is -6.16. The predicted octanol–water partition coefficient (Wildman–Crippen LogP) is 12.8. The van der Waals surface area contributed by atoms with E-state index >= 15 is 0 Å². The quantitative estimate of drug-likeness (QED) is 0.180. The number of aromatic nitrogens is 2. The van der Waals surface area contributed by atoms with Crippen LogP contribution in [0.3, 0.4) is 0 Å². The number of benzene rings is 7. The Kier molecular flexibility index (Phi) is 7.38. The zero-order valence-electron chi connectivity index (χ0n) is 26.6. The van der Waals surface area contributed by atoms with Crippen molar-refractivity contribution in [3.05, 3.63) is 182 Å². The van der Waals surface area contributed by atoms with E-state index < -0.39 is 0 Å². The van der Waals surface area contributed by atoms with Gasteiger partial charge in [-0.1, -0.05) is 146 Å². The van der Waals surface area contributed by atoms with Crippen molar-refractivity contribution in [3.63, 3.8) is 0 Å². The van der Waals surface area contributed by atoms with Gasteiger partial charge in [0.2, 0.25) is 0 Å². The molecule has 9 rings (SSSR count). The van der Waals surface area contributed by atoms with Crippen LogP contribution in [-0.4, -0.2) is 9.97 Å². The molecule has 0 aliphatic heterocycles. The number of hydrogen-bond donors (Lipinski definition) is 0. The lowest BCUT2D eigenvalue weighted by Crippen LogP contribution is -1.97.